The van der Waals surface area contributed by atoms with Crippen molar-refractivity contribution in [3.63, 3.8) is 0 Å². The van der Waals surface area contributed by atoms with Crippen LogP contribution in [-0.2, 0) is 6.54 Å². The molecule has 1 atom stereocenters. The van der Waals surface area contributed by atoms with Crippen LogP contribution in [0.2, 0.25) is 0 Å². The molecule has 28 heavy (non-hydrogen) atoms. The molecule has 0 unspecified atom stereocenters. The average molecular weight is 384 g/mol. The molecule has 1 saturated carbocycles. The lowest BCUT2D eigenvalue weighted by Gasteiger charge is -2.37. The van der Waals surface area contributed by atoms with E-state index in [1.807, 2.05) is 17.0 Å². The van der Waals surface area contributed by atoms with Crippen molar-refractivity contribution in [2.24, 2.45) is 5.92 Å². The normalized spacial score (nSPS) is 22.0. The Morgan fingerprint density at radius 3 is 2.68 bits per heavy atom. The molecule has 152 valence electrons. The van der Waals surface area contributed by atoms with E-state index in [0.717, 1.165) is 48.4 Å². The first kappa shape index (κ1) is 19.3. The topological polar surface area (TPSA) is 37.7 Å². The summed E-state index contributed by atoms with van der Waals surface area (Å²) in [5, 5.41) is 1.02. The highest BCUT2D eigenvalue weighted by Gasteiger charge is 2.28. The van der Waals surface area contributed by atoms with E-state index in [2.05, 4.69) is 35.7 Å². The number of fused-ring (bicyclic) bond motifs is 1. The van der Waals surface area contributed by atoms with E-state index in [1.165, 1.54) is 32.1 Å². The molecule has 2 heterocycles. The summed E-state index contributed by atoms with van der Waals surface area (Å²) in [5.41, 5.74) is 1.89. The second-order valence-corrected chi connectivity index (χ2v) is 8.64. The molecule has 0 radical (unpaired) electrons. The molecule has 1 amide bonds. The predicted molar refractivity (Wildman–Crippen MR) is 113 cm³/mol. The van der Waals surface area contributed by atoms with Crippen LogP contribution in [0, 0.1) is 5.92 Å². The maximum Gasteiger partial charge on any atom is 0.256 e. The van der Waals surface area contributed by atoms with E-state index in [0.29, 0.717) is 12.0 Å². The number of likely N-dealkylation sites (N-methyl/N-ethyl adjacent to an activating group) is 1. The monoisotopic (exact) mass is 383 g/mol. The van der Waals surface area contributed by atoms with E-state index in [-0.39, 0.29) is 5.91 Å². The maximum atomic E-state index is 13.4. The van der Waals surface area contributed by atoms with Crippen molar-refractivity contribution in [1.29, 1.82) is 0 Å². The number of nitrogens with zero attached hydrogens (tertiary/aromatic N) is 3. The Hall–Kier alpha value is -2.01. The molecule has 5 heteroatoms. The van der Waals surface area contributed by atoms with Crippen LogP contribution in [0.15, 0.2) is 24.4 Å². The van der Waals surface area contributed by atoms with Gasteiger partial charge in [0, 0.05) is 43.8 Å². The molecule has 0 spiro atoms. The number of methoxy groups -OCH3 is 1. The number of amides is 1. The minimum absolute atomic E-state index is 0.153. The highest BCUT2D eigenvalue weighted by atomic mass is 16.5. The van der Waals surface area contributed by atoms with Gasteiger partial charge in [-0.15, -0.1) is 0 Å². The summed E-state index contributed by atoms with van der Waals surface area (Å²) in [6.45, 7) is 5.67. The minimum Gasteiger partial charge on any atom is -0.495 e. The fourth-order valence-electron chi connectivity index (χ4n) is 4.86. The summed E-state index contributed by atoms with van der Waals surface area (Å²) < 4.78 is 7.96. The molecule has 0 N–H and O–H groups in total. The van der Waals surface area contributed by atoms with Crippen LogP contribution in [0.1, 0.15) is 49.4 Å². The van der Waals surface area contributed by atoms with Gasteiger partial charge in [0.05, 0.1) is 18.2 Å². The summed E-state index contributed by atoms with van der Waals surface area (Å²) in [6, 6.07) is 6.46. The molecule has 1 aromatic carbocycles. The lowest BCUT2D eigenvalue weighted by molar-refractivity contribution is 0.0574. The summed E-state index contributed by atoms with van der Waals surface area (Å²) in [6.07, 6.45) is 8.67. The molecule has 2 aliphatic rings. The number of rotatable bonds is 4. The van der Waals surface area contributed by atoms with Crippen molar-refractivity contribution in [3.05, 3.63) is 30.0 Å². The fourth-order valence-corrected chi connectivity index (χ4v) is 4.86. The Morgan fingerprint density at radius 1 is 1.18 bits per heavy atom. The maximum absolute atomic E-state index is 13.4. The molecule has 4 rings (SSSR count). The highest BCUT2D eigenvalue weighted by molar-refractivity contribution is 6.08. The molecular formula is C23H33N3O2. The largest absolute Gasteiger partial charge is 0.495 e. The van der Waals surface area contributed by atoms with E-state index in [4.69, 9.17) is 4.74 Å². The number of hydrogen-bond donors (Lipinski definition) is 0. The van der Waals surface area contributed by atoms with E-state index in [1.54, 1.807) is 7.11 Å². The van der Waals surface area contributed by atoms with Crippen molar-refractivity contribution in [1.82, 2.24) is 14.4 Å². The van der Waals surface area contributed by atoms with Gasteiger partial charge in [0.1, 0.15) is 5.75 Å². The van der Waals surface area contributed by atoms with Gasteiger partial charge >= 0.3 is 0 Å². The third-order valence-corrected chi connectivity index (χ3v) is 6.74. The number of ether oxygens (including phenoxy) is 1. The zero-order valence-electron chi connectivity index (χ0n) is 17.5. The number of para-hydroxylation sites is 1. The van der Waals surface area contributed by atoms with Gasteiger partial charge in [-0.05, 0) is 38.8 Å². The van der Waals surface area contributed by atoms with Crippen LogP contribution in [0.5, 0.6) is 5.75 Å². The predicted octanol–water partition coefficient (Wildman–Crippen LogP) is 4.01. The first-order valence-corrected chi connectivity index (χ1v) is 10.7. The molecule has 2 fully saturated rings. The zero-order chi connectivity index (χ0) is 19.7. The van der Waals surface area contributed by atoms with Crippen LogP contribution < -0.4 is 4.74 Å². The van der Waals surface area contributed by atoms with Crippen LogP contribution >= 0.6 is 0 Å². The molecule has 2 aromatic rings. The first-order valence-electron chi connectivity index (χ1n) is 10.7. The Bertz CT molecular complexity index is 838. The van der Waals surface area contributed by atoms with Crippen LogP contribution in [0.4, 0.5) is 0 Å². The fraction of sp³-hybridized carbons (Fsp3) is 0.609. The van der Waals surface area contributed by atoms with Crippen LogP contribution in [0.3, 0.4) is 0 Å². The van der Waals surface area contributed by atoms with Crippen molar-refractivity contribution in [3.8, 4) is 5.75 Å². The quantitative estimate of drug-likeness (QED) is 0.801. The number of carbonyl (C=O) groups is 1. The van der Waals surface area contributed by atoms with Gasteiger partial charge in [-0.25, -0.2) is 0 Å². The second kappa shape index (κ2) is 8.16. The van der Waals surface area contributed by atoms with Crippen molar-refractivity contribution in [2.75, 3.05) is 33.8 Å². The summed E-state index contributed by atoms with van der Waals surface area (Å²) in [5.74, 6) is 1.71. The van der Waals surface area contributed by atoms with Crippen molar-refractivity contribution >= 4 is 16.8 Å². The molecule has 1 aromatic heterocycles. The minimum atomic E-state index is 0.153. The zero-order valence-corrected chi connectivity index (χ0v) is 17.5. The third-order valence-electron chi connectivity index (χ3n) is 6.74. The van der Waals surface area contributed by atoms with Crippen molar-refractivity contribution in [2.45, 2.75) is 51.6 Å². The summed E-state index contributed by atoms with van der Waals surface area (Å²) in [7, 11) is 3.85. The van der Waals surface area contributed by atoms with Gasteiger partial charge < -0.3 is 19.1 Å². The SMILES string of the molecule is COc1cccc2c(C(=O)N3CCN(C)[C@@H](C)C3)cn(CC3CCCCC3)c12. The van der Waals surface area contributed by atoms with Crippen LogP contribution in [0.25, 0.3) is 10.9 Å². The van der Waals surface area contributed by atoms with Gasteiger partial charge in [-0.3, -0.25) is 4.79 Å². The lowest BCUT2D eigenvalue weighted by Crippen LogP contribution is -2.52. The molecule has 5 nitrogen and oxygen atoms in total. The Balaban J connectivity index is 1.69. The molecule has 0 bridgehead atoms. The summed E-state index contributed by atoms with van der Waals surface area (Å²) >= 11 is 0. The van der Waals surface area contributed by atoms with Crippen molar-refractivity contribution < 1.29 is 9.53 Å². The number of piperazine rings is 1. The number of aromatic nitrogens is 1. The second-order valence-electron chi connectivity index (χ2n) is 8.64. The molecular weight excluding hydrogens is 350 g/mol. The average Bonchev–Trinajstić information content (AvgIpc) is 3.09. The highest BCUT2D eigenvalue weighted by Crippen LogP contribution is 2.33. The summed E-state index contributed by atoms with van der Waals surface area (Å²) in [4.78, 5) is 17.8. The Labute approximate surface area is 168 Å². The van der Waals surface area contributed by atoms with E-state index < -0.39 is 0 Å². The smallest absolute Gasteiger partial charge is 0.256 e. The first-order chi connectivity index (χ1) is 13.6. The van der Waals surface area contributed by atoms with Gasteiger partial charge in [0.2, 0.25) is 0 Å². The Kier molecular flexibility index (Phi) is 5.63. The molecule has 1 aliphatic heterocycles. The lowest BCUT2D eigenvalue weighted by atomic mass is 9.89. The van der Waals surface area contributed by atoms with Gasteiger partial charge in [-0.2, -0.15) is 0 Å². The van der Waals surface area contributed by atoms with Gasteiger partial charge in [-0.1, -0.05) is 31.4 Å². The standard InChI is InChI=1S/C23H33N3O2/c1-17-14-25(13-12-24(17)2)23(27)20-16-26(15-18-8-5-4-6-9-18)22-19(20)10-7-11-21(22)28-3/h7,10-11,16-18H,4-6,8-9,12-15H2,1-3H3/t17-/m0/s1. The third kappa shape index (κ3) is 3.64. The number of carbonyl (C=O) groups excluding carboxylic acids is 1. The van der Waals surface area contributed by atoms with Gasteiger partial charge in [0.25, 0.3) is 5.91 Å². The molecule has 1 aliphatic carbocycles. The number of hydrogen-bond acceptors (Lipinski definition) is 3. The van der Waals surface area contributed by atoms with E-state index >= 15 is 0 Å². The van der Waals surface area contributed by atoms with Crippen LogP contribution in [-0.4, -0.2) is 60.1 Å². The Morgan fingerprint density at radius 2 is 1.96 bits per heavy atom. The van der Waals surface area contributed by atoms with E-state index in [9.17, 15) is 4.79 Å². The number of benzene rings is 1. The molecule has 1 saturated heterocycles. The van der Waals surface area contributed by atoms with Gasteiger partial charge in [0.15, 0.2) is 0 Å².